The molecule has 0 heterocycles. The Morgan fingerprint density at radius 1 is 0.724 bits per heavy atom. The number of hydrogen-bond donors (Lipinski definition) is 1. The fraction of sp³-hybridized carbons (Fsp3) is 0.160. The lowest BCUT2D eigenvalue weighted by Crippen LogP contribution is -2.33. The number of hydrogen-bond acceptors (Lipinski definition) is 3. The smallest absolute Gasteiger partial charge is 0.329 e. The Bertz CT molecular complexity index is 809. The number of benzene rings is 3. The van der Waals surface area contributed by atoms with E-state index < -0.39 is 11.6 Å². The summed E-state index contributed by atoms with van der Waals surface area (Å²) in [4.78, 5) is 10.5. The van der Waals surface area contributed by atoms with Crippen LogP contribution in [0.25, 0.3) is 0 Å². The fourth-order valence-electron chi connectivity index (χ4n) is 3.29. The Morgan fingerprint density at radius 2 is 1.14 bits per heavy atom. The zero-order chi connectivity index (χ0) is 20.4. The number of rotatable bonds is 10. The van der Waals surface area contributed by atoms with Crippen molar-refractivity contribution in [2.75, 3.05) is 19.8 Å². The molecule has 0 spiro atoms. The average molecular weight is 388 g/mol. The first-order chi connectivity index (χ1) is 14.2. The van der Waals surface area contributed by atoms with Gasteiger partial charge >= 0.3 is 5.97 Å². The molecule has 0 unspecified atom stereocenters. The first kappa shape index (κ1) is 20.5. The summed E-state index contributed by atoms with van der Waals surface area (Å²) in [5, 5.41) is 8.63. The molecule has 0 saturated heterocycles. The molecule has 0 aliphatic carbocycles. The van der Waals surface area contributed by atoms with Crippen molar-refractivity contribution in [1.29, 1.82) is 0 Å². The van der Waals surface area contributed by atoms with Crippen molar-refractivity contribution >= 4 is 5.97 Å². The standard InChI is InChI=1S/C25H24O4/c26-24(27)20-28-18-10-11-19-29-25(21-12-4-1-5-13-21,22-14-6-2-7-15-22)23-16-8-3-9-17-23/h1-17H,18-20H2,(H,26,27). The van der Waals surface area contributed by atoms with Crippen molar-refractivity contribution in [3.8, 4) is 0 Å². The third-order valence-corrected chi connectivity index (χ3v) is 4.54. The summed E-state index contributed by atoms with van der Waals surface area (Å²) in [6.45, 7) is 0.257. The van der Waals surface area contributed by atoms with Crippen molar-refractivity contribution in [1.82, 2.24) is 0 Å². The van der Waals surface area contributed by atoms with Gasteiger partial charge in [0.1, 0.15) is 12.2 Å². The minimum Gasteiger partial charge on any atom is -0.480 e. The van der Waals surface area contributed by atoms with E-state index in [4.69, 9.17) is 14.6 Å². The number of aliphatic carboxylic acids is 1. The van der Waals surface area contributed by atoms with Crippen molar-refractivity contribution in [3.05, 3.63) is 120 Å². The maximum absolute atomic E-state index is 10.5. The molecule has 0 bridgehead atoms. The van der Waals surface area contributed by atoms with Crippen molar-refractivity contribution in [2.45, 2.75) is 5.60 Å². The maximum Gasteiger partial charge on any atom is 0.329 e. The van der Waals surface area contributed by atoms with Crippen LogP contribution < -0.4 is 0 Å². The number of carbonyl (C=O) groups is 1. The van der Waals surface area contributed by atoms with Crippen molar-refractivity contribution < 1.29 is 19.4 Å². The molecule has 4 heteroatoms. The monoisotopic (exact) mass is 388 g/mol. The summed E-state index contributed by atoms with van der Waals surface area (Å²) in [7, 11) is 0. The van der Waals surface area contributed by atoms with Crippen LogP contribution in [0.1, 0.15) is 16.7 Å². The predicted molar refractivity (Wildman–Crippen MR) is 113 cm³/mol. The van der Waals surface area contributed by atoms with Gasteiger partial charge in [-0.25, -0.2) is 4.79 Å². The molecule has 0 fully saturated rings. The SMILES string of the molecule is O=C(O)COCC=CCOC(c1ccccc1)(c1ccccc1)c1ccccc1. The van der Waals surface area contributed by atoms with Crippen LogP contribution in [0.5, 0.6) is 0 Å². The Kier molecular flexibility index (Phi) is 7.34. The average Bonchev–Trinajstić information content (AvgIpc) is 2.77. The lowest BCUT2D eigenvalue weighted by Gasteiger charge is -2.35. The van der Waals surface area contributed by atoms with Crippen LogP contribution in [-0.4, -0.2) is 30.9 Å². The second-order valence-electron chi connectivity index (χ2n) is 6.47. The van der Waals surface area contributed by atoms with Gasteiger partial charge in [0.25, 0.3) is 0 Å². The van der Waals surface area contributed by atoms with Crippen LogP contribution >= 0.6 is 0 Å². The molecule has 0 atom stereocenters. The molecule has 0 aliphatic heterocycles. The quantitative estimate of drug-likeness (QED) is 0.312. The fourth-order valence-corrected chi connectivity index (χ4v) is 3.29. The molecule has 148 valence electrons. The van der Waals surface area contributed by atoms with Gasteiger partial charge in [-0.2, -0.15) is 0 Å². The van der Waals surface area contributed by atoms with Gasteiger partial charge in [0, 0.05) is 0 Å². The van der Waals surface area contributed by atoms with Gasteiger partial charge in [-0.3, -0.25) is 0 Å². The summed E-state index contributed by atoms with van der Waals surface area (Å²) in [6, 6.07) is 30.4. The zero-order valence-electron chi connectivity index (χ0n) is 16.1. The second-order valence-corrected chi connectivity index (χ2v) is 6.47. The minimum atomic E-state index is -0.981. The molecule has 0 saturated carbocycles. The lowest BCUT2D eigenvalue weighted by molar-refractivity contribution is -0.141. The van der Waals surface area contributed by atoms with Gasteiger partial charge < -0.3 is 14.6 Å². The third kappa shape index (κ3) is 5.19. The van der Waals surface area contributed by atoms with Gasteiger partial charge in [-0.05, 0) is 16.7 Å². The van der Waals surface area contributed by atoms with E-state index in [9.17, 15) is 4.79 Å². The largest absolute Gasteiger partial charge is 0.480 e. The molecule has 0 aliphatic rings. The van der Waals surface area contributed by atoms with E-state index in [1.54, 1.807) is 6.08 Å². The molecule has 0 radical (unpaired) electrons. The van der Waals surface area contributed by atoms with Gasteiger partial charge in [0.2, 0.25) is 0 Å². The summed E-state index contributed by atoms with van der Waals surface area (Å²) in [5.41, 5.74) is 2.34. The molecule has 0 aromatic heterocycles. The Morgan fingerprint density at radius 3 is 1.55 bits per heavy atom. The molecule has 29 heavy (non-hydrogen) atoms. The van der Waals surface area contributed by atoms with Gasteiger partial charge in [0.15, 0.2) is 0 Å². The van der Waals surface area contributed by atoms with E-state index in [1.807, 2.05) is 60.7 Å². The molecule has 3 aromatic carbocycles. The zero-order valence-corrected chi connectivity index (χ0v) is 16.1. The van der Waals surface area contributed by atoms with Crippen molar-refractivity contribution in [2.24, 2.45) is 0 Å². The highest BCUT2D eigenvalue weighted by Crippen LogP contribution is 2.40. The topological polar surface area (TPSA) is 55.8 Å². The Hall–Kier alpha value is -3.21. The third-order valence-electron chi connectivity index (χ3n) is 4.54. The summed E-state index contributed by atoms with van der Waals surface area (Å²) < 4.78 is 11.6. The van der Waals surface area contributed by atoms with Crippen LogP contribution in [0.4, 0.5) is 0 Å². The highest BCUT2D eigenvalue weighted by molar-refractivity contribution is 5.68. The van der Waals surface area contributed by atoms with E-state index in [1.165, 1.54) is 0 Å². The van der Waals surface area contributed by atoms with Crippen molar-refractivity contribution in [3.63, 3.8) is 0 Å². The number of ether oxygens (including phenoxy) is 2. The van der Waals surface area contributed by atoms with E-state index in [0.717, 1.165) is 16.7 Å². The maximum atomic E-state index is 10.5. The highest BCUT2D eigenvalue weighted by Gasteiger charge is 2.37. The van der Waals surface area contributed by atoms with Gasteiger partial charge in [-0.15, -0.1) is 0 Å². The summed E-state index contributed by atoms with van der Waals surface area (Å²) in [6.07, 6.45) is 3.63. The van der Waals surface area contributed by atoms with Gasteiger partial charge in [-0.1, -0.05) is 103 Å². The Labute approximate surface area is 171 Å². The molecule has 0 amide bonds. The van der Waals surface area contributed by atoms with Crippen LogP contribution in [0.3, 0.4) is 0 Å². The molecule has 3 rings (SSSR count). The Balaban J connectivity index is 1.93. The lowest BCUT2D eigenvalue weighted by atomic mass is 9.80. The van der Waals surface area contributed by atoms with Crippen LogP contribution in [0.2, 0.25) is 0 Å². The van der Waals surface area contributed by atoms with Crippen LogP contribution in [0.15, 0.2) is 103 Å². The predicted octanol–water partition coefficient (Wildman–Crippen LogP) is 4.65. The molecule has 3 aromatic rings. The number of carboxylic acid groups (broad SMARTS) is 1. The molecular weight excluding hydrogens is 364 g/mol. The summed E-state index contributed by atoms with van der Waals surface area (Å²) in [5.74, 6) is -0.981. The molecular formula is C25H24O4. The minimum absolute atomic E-state index is 0.227. The molecule has 1 N–H and O–H groups in total. The van der Waals surface area contributed by atoms with E-state index in [-0.39, 0.29) is 13.2 Å². The highest BCUT2D eigenvalue weighted by atomic mass is 16.5. The summed E-state index contributed by atoms with van der Waals surface area (Å²) >= 11 is 0. The van der Waals surface area contributed by atoms with Crippen LogP contribution in [-0.2, 0) is 19.9 Å². The van der Waals surface area contributed by atoms with Gasteiger partial charge in [0.05, 0.1) is 13.2 Å². The van der Waals surface area contributed by atoms with E-state index in [2.05, 4.69) is 36.4 Å². The first-order valence-electron chi connectivity index (χ1n) is 9.48. The normalized spacial score (nSPS) is 11.6. The first-order valence-corrected chi connectivity index (χ1v) is 9.48. The van der Waals surface area contributed by atoms with Crippen LogP contribution in [0, 0.1) is 0 Å². The van der Waals surface area contributed by atoms with E-state index >= 15 is 0 Å². The molecule has 4 nitrogen and oxygen atoms in total. The number of carboxylic acids is 1. The second kappa shape index (κ2) is 10.4. The van der Waals surface area contributed by atoms with E-state index in [0.29, 0.717) is 6.61 Å².